The third kappa shape index (κ3) is 4.03. The lowest BCUT2D eigenvalue weighted by Crippen LogP contribution is -2.51. The van der Waals surface area contributed by atoms with Crippen molar-refractivity contribution in [2.45, 2.75) is 25.1 Å². The Morgan fingerprint density at radius 1 is 1.36 bits per heavy atom. The van der Waals surface area contributed by atoms with Gasteiger partial charge in [-0.05, 0) is 31.0 Å². The number of nitrogens with one attached hydrogen (secondary N) is 3. The Morgan fingerprint density at radius 2 is 2.09 bits per heavy atom. The van der Waals surface area contributed by atoms with E-state index in [1.807, 2.05) is 0 Å². The Bertz CT molecular complexity index is 592. The topological polar surface area (TPSA) is 70.2 Å². The lowest BCUT2D eigenvalue weighted by atomic mass is 10.1. The summed E-state index contributed by atoms with van der Waals surface area (Å²) >= 11 is 5.55. The van der Waals surface area contributed by atoms with E-state index in [0.717, 1.165) is 12.1 Å². The van der Waals surface area contributed by atoms with E-state index in [2.05, 4.69) is 16.0 Å². The number of alkyl halides is 3. The van der Waals surface area contributed by atoms with Crippen LogP contribution in [-0.4, -0.2) is 24.5 Å². The number of carbonyl (C=O) groups is 2. The molecule has 1 saturated heterocycles. The molecule has 0 aromatic heterocycles. The third-order valence-electron chi connectivity index (χ3n) is 3.13. The molecule has 1 aliphatic heterocycles. The first kappa shape index (κ1) is 16.4. The average molecular weight is 336 g/mol. The fraction of sp³-hybridized carbons (Fsp3) is 0.385. The summed E-state index contributed by atoms with van der Waals surface area (Å²) in [6.07, 6.45) is -3.53. The number of anilines is 1. The number of piperidine rings is 1. The Labute approximate surface area is 129 Å². The van der Waals surface area contributed by atoms with E-state index in [9.17, 15) is 22.8 Å². The van der Waals surface area contributed by atoms with Crippen molar-refractivity contribution >= 4 is 29.2 Å². The zero-order chi connectivity index (χ0) is 16.3. The first-order valence-corrected chi connectivity index (χ1v) is 6.87. The summed E-state index contributed by atoms with van der Waals surface area (Å²) in [6.45, 7) is 0.522. The molecular weight excluding hydrogens is 323 g/mol. The zero-order valence-corrected chi connectivity index (χ0v) is 12.0. The smallest absolute Gasteiger partial charge is 0.354 e. The second-order valence-corrected chi connectivity index (χ2v) is 5.21. The maximum absolute atomic E-state index is 12.9. The standard InChI is InChI=1S/C13H13ClF3N3O2/c14-7-3-4-9(8(6-7)13(15,16)17)19-12(22)20-10-2-1-5-18-11(10)21/h3-4,6,10H,1-2,5H2,(H,18,21)(H2,19,20,22)/t10-/m1/s1. The summed E-state index contributed by atoms with van der Waals surface area (Å²) < 4.78 is 38.7. The number of benzene rings is 1. The van der Waals surface area contributed by atoms with Crippen molar-refractivity contribution in [2.24, 2.45) is 0 Å². The molecule has 5 nitrogen and oxygen atoms in total. The van der Waals surface area contributed by atoms with Gasteiger partial charge in [-0.15, -0.1) is 0 Å². The Hall–Kier alpha value is -1.96. The van der Waals surface area contributed by atoms with E-state index >= 15 is 0 Å². The van der Waals surface area contributed by atoms with Crippen LogP contribution in [0.5, 0.6) is 0 Å². The Balaban J connectivity index is 2.10. The Kier molecular flexibility index (Phi) is 4.80. The molecule has 0 spiro atoms. The minimum absolute atomic E-state index is 0.0926. The third-order valence-corrected chi connectivity index (χ3v) is 3.36. The molecule has 1 atom stereocenters. The van der Waals surface area contributed by atoms with Crippen molar-refractivity contribution in [3.05, 3.63) is 28.8 Å². The number of halogens is 4. The predicted molar refractivity (Wildman–Crippen MR) is 74.6 cm³/mol. The van der Waals surface area contributed by atoms with Gasteiger partial charge in [0.15, 0.2) is 0 Å². The summed E-state index contributed by atoms with van der Waals surface area (Å²) in [5.41, 5.74) is -1.48. The molecule has 3 N–H and O–H groups in total. The zero-order valence-electron chi connectivity index (χ0n) is 11.3. The van der Waals surface area contributed by atoms with Crippen LogP contribution in [0, 0.1) is 0 Å². The quantitative estimate of drug-likeness (QED) is 0.777. The fourth-order valence-corrected chi connectivity index (χ4v) is 2.26. The largest absolute Gasteiger partial charge is 0.418 e. The van der Waals surface area contributed by atoms with Crippen molar-refractivity contribution in [1.29, 1.82) is 0 Å². The molecule has 0 aliphatic carbocycles. The molecule has 0 unspecified atom stereocenters. The summed E-state index contributed by atoms with van der Waals surface area (Å²) in [7, 11) is 0. The van der Waals surface area contributed by atoms with Crippen LogP contribution in [0.2, 0.25) is 5.02 Å². The molecule has 22 heavy (non-hydrogen) atoms. The van der Waals surface area contributed by atoms with Crippen LogP contribution >= 0.6 is 11.6 Å². The number of hydrogen-bond acceptors (Lipinski definition) is 2. The van der Waals surface area contributed by atoms with Gasteiger partial charge in [0.2, 0.25) is 5.91 Å². The summed E-state index contributed by atoms with van der Waals surface area (Å²) in [4.78, 5) is 23.3. The highest BCUT2D eigenvalue weighted by Crippen LogP contribution is 2.36. The normalized spacial score (nSPS) is 18.5. The van der Waals surface area contributed by atoms with Crippen LogP contribution in [0.3, 0.4) is 0 Å². The molecule has 1 fully saturated rings. The van der Waals surface area contributed by atoms with Gasteiger partial charge in [-0.2, -0.15) is 13.2 Å². The van der Waals surface area contributed by atoms with Gasteiger partial charge in [-0.3, -0.25) is 4.79 Å². The fourth-order valence-electron chi connectivity index (χ4n) is 2.09. The molecule has 9 heteroatoms. The van der Waals surface area contributed by atoms with Crippen LogP contribution in [0.4, 0.5) is 23.7 Å². The molecule has 1 aromatic carbocycles. The molecule has 3 amide bonds. The minimum Gasteiger partial charge on any atom is -0.354 e. The van der Waals surface area contributed by atoms with Gasteiger partial charge >= 0.3 is 12.2 Å². The van der Waals surface area contributed by atoms with E-state index in [1.54, 1.807) is 0 Å². The van der Waals surface area contributed by atoms with E-state index < -0.39 is 29.5 Å². The second-order valence-electron chi connectivity index (χ2n) is 4.77. The molecule has 1 aromatic rings. The first-order valence-electron chi connectivity index (χ1n) is 6.49. The minimum atomic E-state index is -4.66. The van der Waals surface area contributed by atoms with Crippen molar-refractivity contribution in [3.63, 3.8) is 0 Å². The van der Waals surface area contributed by atoms with Gasteiger partial charge in [0, 0.05) is 11.6 Å². The van der Waals surface area contributed by atoms with Gasteiger partial charge in [-0.25, -0.2) is 4.79 Å². The molecule has 0 radical (unpaired) electrons. The maximum Gasteiger partial charge on any atom is 0.418 e. The van der Waals surface area contributed by atoms with E-state index in [0.29, 0.717) is 19.4 Å². The van der Waals surface area contributed by atoms with Crippen molar-refractivity contribution in [1.82, 2.24) is 10.6 Å². The maximum atomic E-state index is 12.9. The molecular formula is C13H13ClF3N3O2. The van der Waals surface area contributed by atoms with Crippen molar-refractivity contribution in [2.75, 3.05) is 11.9 Å². The number of rotatable bonds is 2. The van der Waals surface area contributed by atoms with E-state index in [4.69, 9.17) is 11.6 Å². The van der Waals surface area contributed by atoms with Gasteiger partial charge in [0.1, 0.15) is 6.04 Å². The van der Waals surface area contributed by atoms with Crippen LogP contribution in [0.15, 0.2) is 18.2 Å². The number of carbonyl (C=O) groups excluding carboxylic acids is 2. The molecule has 1 heterocycles. The average Bonchev–Trinajstić information content (AvgIpc) is 2.42. The molecule has 1 aliphatic rings. The number of urea groups is 1. The van der Waals surface area contributed by atoms with Gasteiger partial charge in [0.25, 0.3) is 0 Å². The van der Waals surface area contributed by atoms with Crippen LogP contribution < -0.4 is 16.0 Å². The molecule has 0 bridgehead atoms. The van der Waals surface area contributed by atoms with E-state index in [1.165, 1.54) is 6.07 Å². The van der Waals surface area contributed by atoms with Crippen LogP contribution in [-0.2, 0) is 11.0 Å². The second kappa shape index (κ2) is 6.43. The predicted octanol–water partition coefficient (Wildman–Crippen LogP) is 2.76. The lowest BCUT2D eigenvalue weighted by molar-refractivity contribution is -0.137. The van der Waals surface area contributed by atoms with Crippen LogP contribution in [0.1, 0.15) is 18.4 Å². The van der Waals surface area contributed by atoms with E-state index in [-0.39, 0.29) is 10.9 Å². The lowest BCUT2D eigenvalue weighted by Gasteiger charge is -2.23. The summed E-state index contributed by atoms with van der Waals surface area (Å²) in [6, 6.07) is 1.39. The number of hydrogen-bond donors (Lipinski definition) is 3. The highest BCUT2D eigenvalue weighted by molar-refractivity contribution is 6.30. The summed E-state index contributed by atoms with van der Waals surface area (Å²) in [5, 5.41) is 6.92. The van der Waals surface area contributed by atoms with Crippen LogP contribution in [0.25, 0.3) is 0 Å². The monoisotopic (exact) mass is 335 g/mol. The molecule has 2 rings (SSSR count). The SMILES string of the molecule is O=C(Nc1ccc(Cl)cc1C(F)(F)F)N[C@@H]1CCCNC1=O. The van der Waals surface area contributed by atoms with Gasteiger partial charge in [0.05, 0.1) is 11.3 Å². The van der Waals surface area contributed by atoms with Crippen molar-refractivity contribution < 1.29 is 22.8 Å². The molecule has 120 valence electrons. The first-order chi connectivity index (χ1) is 10.3. The summed E-state index contributed by atoms with van der Waals surface area (Å²) in [5.74, 6) is -0.353. The Morgan fingerprint density at radius 3 is 2.73 bits per heavy atom. The molecule has 0 saturated carbocycles. The number of amides is 3. The van der Waals surface area contributed by atoms with Gasteiger partial charge in [-0.1, -0.05) is 11.6 Å². The highest BCUT2D eigenvalue weighted by Gasteiger charge is 2.34. The van der Waals surface area contributed by atoms with Crippen molar-refractivity contribution in [3.8, 4) is 0 Å². The highest BCUT2D eigenvalue weighted by atomic mass is 35.5. The van der Waals surface area contributed by atoms with Gasteiger partial charge < -0.3 is 16.0 Å².